The molecule has 6 heteroatoms. The maximum atomic E-state index is 12.8. The molecule has 1 aliphatic rings. The van der Waals surface area contributed by atoms with Gasteiger partial charge in [-0.25, -0.2) is 0 Å². The smallest absolute Gasteiger partial charge is 0.423 e. The first-order valence-corrected chi connectivity index (χ1v) is 4.46. The molecule has 74 valence electrons. The molecule has 0 atom stereocenters. The van der Waals surface area contributed by atoms with Crippen LogP contribution >= 0.6 is 15.9 Å². The Bertz CT molecular complexity index is 408. The third-order valence-corrected chi connectivity index (χ3v) is 2.19. The van der Waals surface area contributed by atoms with E-state index in [0.29, 0.717) is 4.47 Å². The van der Waals surface area contributed by atoms with Gasteiger partial charge in [-0.05, 0) is 18.2 Å². The summed E-state index contributed by atoms with van der Waals surface area (Å²) in [7, 11) is 0. The van der Waals surface area contributed by atoms with Gasteiger partial charge in [-0.3, -0.25) is 4.79 Å². The topological polar surface area (TPSA) is 38.3 Å². The zero-order chi connectivity index (χ0) is 10.3. The van der Waals surface area contributed by atoms with Gasteiger partial charge in [-0.1, -0.05) is 15.9 Å². The Hall–Kier alpha value is -1.17. The number of carbonyl (C=O) groups is 1. The van der Waals surface area contributed by atoms with Crippen LogP contribution in [0.5, 0.6) is 5.75 Å². The molecule has 0 saturated carbocycles. The average Bonchev–Trinajstić information content (AvgIpc) is 2.07. The van der Waals surface area contributed by atoms with E-state index in [0.717, 1.165) is 0 Å². The summed E-state index contributed by atoms with van der Waals surface area (Å²) in [5, 5.41) is 2.04. The summed E-state index contributed by atoms with van der Waals surface area (Å²) < 4.78 is 30.4. The molecule has 0 saturated heterocycles. The molecule has 0 spiro atoms. The molecule has 14 heavy (non-hydrogen) atoms. The second-order valence-corrected chi connectivity index (χ2v) is 3.63. The maximum absolute atomic E-state index is 12.8. The first-order valence-electron chi connectivity index (χ1n) is 3.67. The molecule has 3 nitrogen and oxygen atoms in total. The van der Waals surface area contributed by atoms with E-state index in [9.17, 15) is 13.6 Å². The van der Waals surface area contributed by atoms with Crippen LogP contribution in [0.4, 0.5) is 14.5 Å². The molecular formula is C8H4BrF2NO2. The van der Waals surface area contributed by atoms with Crippen molar-refractivity contribution in [1.29, 1.82) is 0 Å². The Kier molecular flexibility index (Phi) is 1.95. The molecule has 1 aliphatic heterocycles. The Morgan fingerprint density at radius 1 is 1.43 bits per heavy atom. The SMILES string of the molecule is O=C1Nc2ccc(Br)cc2OC1(F)F. The highest BCUT2D eigenvalue weighted by atomic mass is 79.9. The number of fused-ring (bicyclic) bond motifs is 1. The minimum Gasteiger partial charge on any atom is -0.423 e. The zero-order valence-electron chi connectivity index (χ0n) is 6.68. The van der Waals surface area contributed by atoms with Gasteiger partial charge in [0.1, 0.15) is 0 Å². The normalized spacial score (nSPS) is 18.1. The molecular weight excluding hydrogens is 260 g/mol. The fourth-order valence-corrected chi connectivity index (χ4v) is 1.40. The molecule has 0 bridgehead atoms. The van der Waals surface area contributed by atoms with Crippen LogP contribution in [0.25, 0.3) is 0 Å². The van der Waals surface area contributed by atoms with Crippen LogP contribution in [0.3, 0.4) is 0 Å². The van der Waals surface area contributed by atoms with Crippen molar-refractivity contribution in [2.45, 2.75) is 6.11 Å². The Morgan fingerprint density at radius 3 is 2.86 bits per heavy atom. The van der Waals surface area contributed by atoms with Crippen molar-refractivity contribution in [3.05, 3.63) is 22.7 Å². The largest absolute Gasteiger partial charge is 0.482 e. The van der Waals surface area contributed by atoms with Crippen molar-refractivity contribution in [3.8, 4) is 5.75 Å². The third-order valence-electron chi connectivity index (χ3n) is 1.69. The van der Waals surface area contributed by atoms with Crippen LogP contribution in [-0.2, 0) is 4.79 Å². The molecule has 0 aliphatic carbocycles. The van der Waals surface area contributed by atoms with Gasteiger partial charge in [0.2, 0.25) is 0 Å². The summed E-state index contributed by atoms with van der Waals surface area (Å²) in [6.07, 6.45) is -3.80. The number of anilines is 1. The summed E-state index contributed by atoms with van der Waals surface area (Å²) in [5.74, 6) is -1.50. The predicted molar refractivity (Wildman–Crippen MR) is 48.3 cm³/mol. The number of amides is 1. The average molecular weight is 264 g/mol. The number of hydrogen-bond donors (Lipinski definition) is 1. The first-order chi connectivity index (χ1) is 6.49. The second kappa shape index (κ2) is 2.91. The highest BCUT2D eigenvalue weighted by molar-refractivity contribution is 9.10. The molecule has 1 amide bonds. The van der Waals surface area contributed by atoms with Crippen LogP contribution in [0.2, 0.25) is 0 Å². The number of benzene rings is 1. The van der Waals surface area contributed by atoms with E-state index in [-0.39, 0.29) is 11.4 Å². The van der Waals surface area contributed by atoms with Crippen LogP contribution < -0.4 is 10.1 Å². The van der Waals surface area contributed by atoms with Crippen molar-refractivity contribution in [2.24, 2.45) is 0 Å². The van der Waals surface area contributed by atoms with Crippen molar-refractivity contribution < 1.29 is 18.3 Å². The molecule has 1 heterocycles. The third kappa shape index (κ3) is 1.45. The maximum Gasteiger partial charge on any atom is 0.482 e. The molecule has 2 rings (SSSR count). The molecule has 1 N–H and O–H groups in total. The standard InChI is InChI=1S/C8H4BrF2NO2/c9-4-1-2-5-6(3-4)14-8(10,11)7(13)12-5/h1-3H,(H,12,13). The Balaban J connectivity index is 2.46. The van der Waals surface area contributed by atoms with Gasteiger partial charge in [0.15, 0.2) is 5.75 Å². The highest BCUT2D eigenvalue weighted by Crippen LogP contribution is 2.36. The number of nitrogens with one attached hydrogen (secondary N) is 1. The van der Waals surface area contributed by atoms with Crippen LogP contribution in [0, 0.1) is 0 Å². The minimum absolute atomic E-state index is 0.0519. The fraction of sp³-hybridized carbons (Fsp3) is 0.125. The predicted octanol–water partition coefficient (Wildman–Crippen LogP) is 2.37. The van der Waals surface area contributed by atoms with E-state index in [4.69, 9.17) is 0 Å². The lowest BCUT2D eigenvalue weighted by atomic mass is 10.2. The molecule has 1 aromatic rings. The Labute approximate surface area is 86.2 Å². The van der Waals surface area contributed by atoms with Crippen LogP contribution in [-0.4, -0.2) is 12.0 Å². The van der Waals surface area contributed by atoms with E-state index >= 15 is 0 Å². The Morgan fingerprint density at radius 2 is 2.14 bits per heavy atom. The number of ether oxygens (including phenoxy) is 1. The molecule has 0 radical (unpaired) electrons. The van der Waals surface area contributed by atoms with Gasteiger partial charge >= 0.3 is 12.0 Å². The lowest BCUT2D eigenvalue weighted by molar-refractivity contribution is -0.189. The number of carbonyl (C=O) groups excluding carboxylic acids is 1. The van der Waals surface area contributed by atoms with Gasteiger partial charge in [-0.2, -0.15) is 8.78 Å². The number of alkyl halides is 2. The van der Waals surface area contributed by atoms with E-state index in [1.165, 1.54) is 12.1 Å². The monoisotopic (exact) mass is 263 g/mol. The highest BCUT2D eigenvalue weighted by Gasteiger charge is 2.46. The van der Waals surface area contributed by atoms with Gasteiger partial charge < -0.3 is 10.1 Å². The van der Waals surface area contributed by atoms with E-state index in [2.05, 4.69) is 20.7 Å². The zero-order valence-corrected chi connectivity index (χ0v) is 8.27. The summed E-state index contributed by atoms with van der Waals surface area (Å²) in [4.78, 5) is 10.8. The quantitative estimate of drug-likeness (QED) is 0.781. The molecule has 1 aromatic carbocycles. The fourth-order valence-electron chi connectivity index (χ4n) is 1.06. The van der Waals surface area contributed by atoms with Gasteiger partial charge in [-0.15, -0.1) is 0 Å². The second-order valence-electron chi connectivity index (χ2n) is 2.71. The van der Waals surface area contributed by atoms with Crippen LogP contribution in [0.15, 0.2) is 22.7 Å². The first kappa shape index (κ1) is 9.39. The lowest BCUT2D eigenvalue weighted by Crippen LogP contribution is -2.43. The summed E-state index contributed by atoms with van der Waals surface area (Å²) in [6.45, 7) is 0. The summed E-state index contributed by atoms with van der Waals surface area (Å²) in [6, 6.07) is 4.46. The van der Waals surface area contributed by atoms with E-state index in [1.807, 2.05) is 5.32 Å². The number of halogens is 3. The minimum atomic E-state index is -3.80. The number of hydrogen-bond acceptors (Lipinski definition) is 2. The van der Waals surface area contributed by atoms with Crippen LogP contribution in [0.1, 0.15) is 0 Å². The summed E-state index contributed by atoms with van der Waals surface area (Å²) >= 11 is 3.11. The van der Waals surface area contributed by atoms with Gasteiger partial charge in [0.05, 0.1) is 5.69 Å². The number of rotatable bonds is 0. The van der Waals surface area contributed by atoms with E-state index in [1.54, 1.807) is 6.07 Å². The summed E-state index contributed by atoms with van der Waals surface area (Å²) in [5.41, 5.74) is 0.240. The molecule has 0 aromatic heterocycles. The van der Waals surface area contributed by atoms with Gasteiger partial charge in [0, 0.05) is 4.47 Å². The van der Waals surface area contributed by atoms with Gasteiger partial charge in [0.25, 0.3) is 0 Å². The van der Waals surface area contributed by atoms with Crippen molar-refractivity contribution in [2.75, 3.05) is 5.32 Å². The van der Waals surface area contributed by atoms with Crippen molar-refractivity contribution in [1.82, 2.24) is 0 Å². The molecule has 0 unspecified atom stereocenters. The van der Waals surface area contributed by atoms with Crippen molar-refractivity contribution in [3.63, 3.8) is 0 Å². The lowest BCUT2D eigenvalue weighted by Gasteiger charge is -2.24. The van der Waals surface area contributed by atoms with E-state index < -0.39 is 12.0 Å². The molecule has 0 fully saturated rings. The van der Waals surface area contributed by atoms with Crippen molar-refractivity contribution >= 4 is 27.5 Å².